The highest BCUT2D eigenvalue weighted by atomic mass is 16.1. The molecule has 19 heavy (non-hydrogen) atoms. The number of benzene rings is 1. The Morgan fingerprint density at radius 2 is 1.79 bits per heavy atom. The van der Waals surface area contributed by atoms with Gasteiger partial charge in [-0.3, -0.25) is 4.79 Å². The van der Waals surface area contributed by atoms with Crippen molar-refractivity contribution < 1.29 is 4.79 Å². The van der Waals surface area contributed by atoms with E-state index in [0.717, 1.165) is 19.3 Å². The van der Waals surface area contributed by atoms with Crippen LogP contribution in [0.1, 0.15) is 64.0 Å². The van der Waals surface area contributed by atoms with Crippen molar-refractivity contribution >= 4 is 5.91 Å². The summed E-state index contributed by atoms with van der Waals surface area (Å²) in [7, 11) is 0. The molecular weight excluding hydrogens is 234 g/mol. The van der Waals surface area contributed by atoms with Crippen LogP contribution in [0.4, 0.5) is 0 Å². The maximum atomic E-state index is 11.8. The molecule has 2 heteroatoms. The van der Waals surface area contributed by atoms with E-state index in [9.17, 15) is 4.79 Å². The van der Waals surface area contributed by atoms with Crippen molar-refractivity contribution in [1.29, 1.82) is 0 Å². The van der Waals surface area contributed by atoms with E-state index in [-0.39, 0.29) is 5.91 Å². The van der Waals surface area contributed by atoms with Gasteiger partial charge in [-0.2, -0.15) is 0 Å². The summed E-state index contributed by atoms with van der Waals surface area (Å²) in [5.41, 5.74) is 2.59. The van der Waals surface area contributed by atoms with E-state index in [4.69, 9.17) is 0 Å². The van der Waals surface area contributed by atoms with Gasteiger partial charge in [0.05, 0.1) is 0 Å². The zero-order valence-corrected chi connectivity index (χ0v) is 12.7. The smallest absolute Gasteiger partial charge is 0.220 e. The molecule has 1 aromatic rings. The lowest BCUT2D eigenvalue weighted by Crippen LogP contribution is -2.32. The Labute approximate surface area is 117 Å². The molecule has 0 unspecified atom stereocenters. The van der Waals surface area contributed by atoms with Crippen molar-refractivity contribution in [2.45, 2.75) is 65.3 Å². The molecule has 1 rings (SSSR count). The molecule has 0 fully saturated rings. The molecule has 2 nitrogen and oxygen atoms in total. The minimum Gasteiger partial charge on any atom is -0.354 e. The lowest BCUT2D eigenvalue weighted by atomic mass is 10.0. The Hall–Kier alpha value is -1.31. The zero-order chi connectivity index (χ0) is 14.3. The SMILES string of the molecule is CCC[C@@H](C)NC(=O)CCc1ccc(C(C)C)cc1. The van der Waals surface area contributed by atoms with Crippen molar-refractivity contribution in [3.05, 3.63) is 35.4 Å². The maximum absolute atomic E-state index is 11.8. The Balaban J connectivity index is 2.37. The first-order valence-corrected chi connectivity index (χ1v) is 7.41. The van der Waals surface area contributed by atoms with Crippen LogP contribution in [0, 0.1) is 0 Å². The summed E-state index contributed by atoms with van der Waals surface area (Å²) in [6, 6.07) is 8.89. The summed E-state index contributed by atoms with van der Waals surface area (Å²) in [5, 5.41) is 3.04. The van der Waals surface area contributed by atoms with Gasteiger partial charge in [0.1, 0.15) is 0 Å². The van der Waals surface area contributed by atoms with Crippen molar-refractivity contribution in [1.82, 2.24) is 5.32 Å². The van der Waals surface area contributed by atoms with E-state index in [1.165, 1.54) is 11.1 Å². The van der Waals surface area contributed by atoms with E-state index in [2.05, 4.69) is 57.3 Å². The fourth-order valence-corrected chi connectivity index (χ4v) is 2.18. The van der Waals surface area contributed by atoms with Gasteiger partial charge in [-0.05, 0) is 36.8 Å². The Morgan fingerprint density at radius 1 is 1.16 bits per heavy atom. The van der Waals surface area contributed by atoms with Crippen LogP contribution in [0.5, 0.6) is 0 Å². The third kappa shape index (κ3) is 5.91. The Morgan fingerprint density at radius 3 is 2.32 bits per heavy atom. The number of carbonyl (C=O) groups is 1. The number of amides is 1. The van der Waals surface area contributed by atoms with Gasteiger partial charge < -0.3 is 5.32 Å². The molecule has 0 aliphatic heterocycles. The summed E-state index contributed by atoms with van der Waals surface area (Å²) in [6.07, 6.45) is 3.56. The van der Waals surface area contributed by atoms with E-state index in [1.54, 1.807) is 0 Å². The predicted octanol–water partition coefficient (Wildman–Crippen LogP) is 4.05. The first-order chi connectivity index (χ1) is 9.02. The van der Waals surface area contributed by atoms with Gasteiger partial charge in [-0.25, -0.2) is 0 Å². The minimum atomic E-state index is 0.161. The fraction of sp³-hybridized carbons (Fsp3) is 0.588. The number of rotatable bonds is 7. The first-order valence-electron chi connectivity index (χ1n) is 7.41. The molecule has 0 saturated carbocycles. The molecular formula is C17H27NO. The van der Waals surface area contributed by atoms with Gasteiger partial charge >= 0.3 is 0 Å². The van der Waals surface area contributed by atoms with E-state index >= 15 is 0 Å². The highest BCUT2D eigenvalue weighted by Crippen LogP contribution is 2.15. The van der Waals surface area contributed by atoms with Gasteiger partial charge in [-0.1, -0.05) is 51.5 Å². The Bertz CT molecular complexity index is 381. The van der Waals surface area contributed by atoms with Gasteiger partial charge in [0.15, 0.2) is 0 Å². The third-order valence-electron chi connectivity index (χ3n) is 3.42. The highest BCUT2D eigenvalue weighted by Gasteiger charge is 2.07. The predicted molar refractivity (Wildman–Crippen MR) is 81.4 cm³/mol. The summed E-state index contributed by atoms with van der Waals surface area (Å²) < 4.78 is 0. The van der Waals surface area contributed by atoms with Crippen LogP contribution in [0.25, 0.3) is 0 Å². The molecule has 0 aliphatic carbocycles. The quantitative estimate of drug-likeness (QED) is 0.788. The summed E-state index contributed by atoms with van der Waals surface area (Å²) in [5.74, 6) is 0.723. The number of hydrogen-bond acceptors (Lipinski definition) is 1. The monoisotopic (exact) mass is 261 g/mol. The minimum absolute atomic E-state index is 0.161. The standard InChI is InChI=1S/C17H27NO/c1-5-6-14(4)18-17(19)12-9-15-7-10-16(11-8-15)13(2)3/h7-8,10-11,13-14H,5-6,9,12H2,1-4H3,(H,18,19)/t14-/m1/s1. The summed E-state index contributed by atoms with van der Waals surface area (Å²) in [6.45, 7) is 8.59. The van der Waals surface area contributed by atoms with Crippen molar-refractivity contribution in [2.24, 2.45) is 0 Å². The van der Waals surface area contributed by atoms with Gasteiger partial charge in [0.25, 0.3) is 0 Å². The molecule has 0 saturated heterocycles. The van der Waals surface area contributed by atoms with Gasteiger partial charge in [-0.15, -0.1) is 0 Å². The highest BCUT2D eigenvalue weighted by molar-refractivity contribution is 5.76. The first kappa shape index (κ1) is 15.7. The zero-order valence-electron chi connectivity index (χ0n) is 12.7. The Kier molecular flexibility index (Phi) is 6.61. The number of nitrogens with one attached hydrogen (secondary N) is 1. The van der Waals surface area contributed by atoms with E-state index in [0.29, 0.717) is 18.4 Å². The lowest BCUT2D eigenvalue weighted by molar-refractivity contribution is -0.121. The lowest BCUT2D eigenvalue weighted by Gasteiger charge is -2.12. The molecule has 0 bridgehead atoms. The second-order valence-electron chi connectivity index (χ2n) is 5.65. The van der Waals surface area contributed by atoms with Crippen LogP contribution in [-0.2, 0) is 11.2 Å². The molecule has 0 spiro atoms. The summed E-state index contributed by atoms with van der Waals surface area (Å²) >= 11 is 0. The topological polar surface area (TPSA) is 29.1 Å². The van der Waals surface area contributed by atoms with Crippen LogP contribution in [0.2, 0.25) is 0 Å². The molecule has 106 valence electrons. The molecule has 1 amide bonds. The molecule has 0 heterocycles. The van der Waals surface area contributed by atoms with Crippen LogP contribution in [-0.4, -0.2) is 11.9 Å². The van der Waals surface area contributed by atoms with Gasteiger partial charge in [0.2, 0.25) is 5.91 Å². The fourth-order valence-electron chi connectivity index (χ4n) is 2.18. The second kappa shape index (κ2) is 7.98. The van der Waals surface area contributed by atoms with Crippen molar-refractivity contribution in [2.75, 3.05) is 0 Å². The second-order valence-corrected chi connectivity index (χ2v) is 5.65. The molecule has 1 atom stereocenters. The summed E-state index contributed by atoms with van der Waals surface area (Å²) in [4.78, 5) is 11.8. The molecule has 1 N–H and O–H groups in total. The average Bonchev–Trinajstić information content (AvgIpc) is 2.37. The number of carbonyl (C=O) groups excluding carboxylic acids is 1. The van der Waals surface area contributed by atoms with Crippen LogP contribution < -0.4 is 5.32 Å². The van der Waals surface area contributed by atoms with Gasteiger partial charge in [0, 0.05) is 12.5 Å². The normalized spacial score (nSPS) is 12.5. The number of aryl methyl sites for hydroxylation is 1. The molecule has 0 radical (unpaired) electrons. The van der Waals surface area contributed by atoms with Crippen molar-refractivity contribution in [3.8, 4) is 0 Å². The largest absolute Gasteiger partial charge is 0.354 e. The van der Waals surface area contributed by atoms with Crippen LogP contribution in [0.3, 0.4) is 0 Å². The van der Waals surface area contributed by atoms with E-state index in [1.807, 2.05) is 0 Å². The average molecular weight is 261 g/mol. The maximum Gasteiger partial charge on any atom is 0.220 e. The number of hydrogen-bond donors (Lipinski definition) is 1. The third-order valence-corrected chi connectivity index (χ3v) is 3.42. The molecule has 0 aliphatic rings. The molecule has 1 aromatic carbocycles. The van der Waals surface area contributed by atoms with Crippen LogP contribution in [0.15, 0.2) is 24.3 Å². The van der Waals surface area contributed by atoms with E-state index < -0.39 is 0 Å². The molecule has 0 aromatic heterocycles. The van der Waals surface area contributed by atoms with Crippen molar-refractivity contribution in [3.63, 3.8) is 0 Å². The van der Waals surface area contributed by atoms with Crippen LogP contribution >= 0.6 is 0 Å².